The molecule has 2 heterocycles. The summed E-state index contributed by atoms with van der Waals surface area (Å²) >= 11 is 0.838. The molecule has 0 saturated heterocycles. The molecule has 0 atom stereocenters. The average molecular weight is 438 g/mol. The summed E-state index contributed by atoms with van der Waals surface area (Å²) in [6.45, 7) is -0.161. The molecule has 2 aromatic heterocycles. The Hall–Kier alpha value is -3.27. The van der Waals surface area contributed by atoms with E-state index in [4.69, 9.17) is 4.42 Å². The molecule has 0 aliphatic heterocycles. The third-order valence-corrected chi connectivity index (χ3v) is 5.23. The molecule has 1 amide bonds. The van der Waals surface area contributed by atoms with E-state index in [1.807, 2.05) is 0 Å². The largest absolute Gasteiger partial charge is 0.467 e. The molecule has 4 rings (SSSR count). The Morgan fingerprint density at radius 2 is 1.90 bits per heavy atom. The Labute approximate surface area is 170 Å². The zero-order valence-electron chi connectivity index (χ0n) is 14.9. The van der Waals surface area contributed by atoms with E-state index in [1.165, 1.54) is 12.3 Å². The second-order valence-electron chi connectivity index (χ2n) is 6.28. The van der Waals surface area contributed by atoms with Gasteiger partial charge in [-0.15, -0.1) is 0 Å². The lowest BCUT2D eigenvalue weighted by Crippen LogP contribution is -2.30. The van der Waals surface area contributed by atoms with Crippen LogP contribution in [0.3, 0.4) is 0 Å². The Morgan fingerprint density at radius 1 is 1.10 bits per heavy atom. The van der Waals surface area contributed by atoms with E-state index >= 15 is 0 Å². The van der Waals surface area contributed by atoms with Crippen molar-refractivity contribution in [3.8, 4) is 0 Å². The van der Waals surface area contributed by atoms with Crippen LogP contribution in [0.5, 0.6) is 0 Å². The van der Waals surface area contributed by atoms with Crippen molar-refractivity contribution in [1.82, 2.24) is 4.98 Å². The summed E-state index contributed by atoms with van der Waals surface area (Å²) in [5.74, 6) is -2.17. The van der Waals surface area contributed by atoms with E-state index in [-0.39, 0.29) is 27.5 Å². The maximum absolute atomic E-state index is 14.1. The standard InChI is InChI=1S/C20H11F5N2O2S/c21-13-8-15(22)17-16(9-13)30-19(26-17)27(10-14-5-2-6-29-14)18(28)11-3-1-4-12(7-11)20(23,24)25/h1-9H,10H2. The van der Waals surface area contributed by atoms with Crippen molar-refractivity contribution in [2.24, 2.45) is 0 Å². The normalized spacial score (nSPS) is 11.8. The van der Waals surface area contributed by atoms with Crippen LogP contribution < -0.4 is 4.90 Å². The number of amides is 1. The minimum atomic E-state index is -4.63. The molecule has 2 aromatic carbocycles. The first-order chi connectivity index (χ1) is 14.2. The zero-order valence-corrected chi connectivity index (χ0v) is 15.7. The van der Waals surface area contributed by atoms with Crippen LogP contribution in [0, 0.1) is 11.6 Å². The smallest absolute Gasteiger partial charge is 0.416 e. The van der Waals surface area contributed by atoms with Gasteiger partial charge in [0.25, 0.3) is 5.91 Å². The van der Waals surface area contributed by atoms with Gasteiger partial charge in [0, 0.05) is 11.6 Å². The molecule has 30 heavy (non-hydrogen) atoms. The number of rotatable bonds is 4. The van der Waals surface area contributed by atoms with Crippen LogP contribution in [-0.4, -0.2) is 10.9 Å². The van der Waals surface area contributed by atoms with Crippen LogP contribution in [0.2, 0.25) is 0 Å². The second kappa shape index (κ2) is 7.52. The predicted molar refractivity (Wildman–Crippen MR) is 100 cm³/mol. The number of benzene rings is 2. The first kappa shape index (κ1) is 20.0. The van der Waals surface area contributed by atoms with Gasteiger partial charge in [-0.25, -0.2) is 13.8 Å². The lowest BCUT2D eigenvalue weighted by atomic mass is 10.1. The van der Waals surface area contributed by atoms with Crippen LogP contribution in [0.25, 0.3) is 10.2 Å². The Kier molecular flexibility index (Phi) is 5.02. The zero-order chi connectivity index (χ0) is 21.5. The number of hydrogen-bond acceptors (Lipinski definition) is 4. The number of anilines is 1. The van der Waals surface area contributed by atoms with Gasteiger partial charge in [-0.05, 0) is 36.4 Å². The highest BCUT2D eigenvalue weighted by Gasteiger charge is 2.32. The molecule has 0 aliphatic carbocycles. The molecule has 0 saturated carbocycles. The molecule has 0 fully saturated rings. The number of nitrogens with zero attached hydrogens (tertiary/aromatic N) is 2. The summed E-state index contributed by atoms with van der Waals surface area (Å²) in [5, 5.41) is -0.00619. The number of halogens is 5. The highest BCUT2D eigenvalue weighted by atomic mass is 32.1. The molecule has 0 N–H and O–H groups in total. The van der Waals surface area contributed by atoms with Gasteiger partial charge in [-0.2, -0.15) is 13.2 Å². The van der Waals surface area contributed by atoms with Gasteiger partial charge in [0.15, 0.2) is 10.9 Å². The Morgan fingerprint density at radius 3 is 2.60 bits per heavy atom. The van der Waals surface area contributed by atoms with Crippen molar-refractivity contribution >= 4 is 32.6 Å². The van der Waals surface area contributed by atoms with E-state index in [2.05, 4.69) is 4.98 Å². The number of hydrogen-bond donors (Lipinski definition) is 0. The molecular formula is C20H11F5N2O2S. The van der Waals surface area contributed by atoms with Crippen LogP contribution in [0.15, 0.2) is 59.2 Å². The topological polar surface area (TPSA) is 46.3 Å². The van der Waals surface area contributed by atoms with Gasteiger partial charge in [0.2, 0.25) is 0 Å². The second-order valence-corrected chi connectivity index (χ2v) is 7.29. The molecule has 0 bridgehead atoms. The highest BCUT2D eigenvalue weighted by Crippen LogP contribution is 2.34. The van der Waals surface area contributed by atoms with Crippen molar-refractivity contribution in [2.45, 2.75) is 12.7 Å². The third kappa shape index (κ3) is 3.90. The van der Waals surface area contributed by atoms with Gasteiger partial charge in [-0.3, -0.25) is 9.69 Å². The van der Waals surface area contributed by atoms with E-state index in [9.17, 15) is 26.7 Å². The van der Waals surface area contributed by atoms with Crippen molar-refractivity contribution in [1.29, 1.82) is 0 Å². The fourth-order valence-electron chi connectivity index (χ4n) is 2.83. The number of thiazole rings is 1. The van der Waals surface area contributed by atoms with E-state index in [0.717, 1.165) is 40.5 Å². The first-order valence-electron chi connectivity index (χ1n) is 8.49. The Balaban J connectivity index is 1.79. The van der Waals surface area contributed by atoms with Gasteiger partial charge >= 0.3 is 6.18 Å². The number of carbonyl (C=O) groups is 1. The number of carbonyl (C=O) groups excluding carboxylic acids is 1. The SMILES string of the molecule is O=C(c1cccc(C(F)(F)F)c1)N(Cc1ccco1)c1nc2c(F)cc(F)cc2s1. The maximum atomic E-state index is 14.1. The molecule has 4 aromatic rings. The molecule has 0 spiro atoms. The lowest BCUT2D eigenvalue weighted by Gasteiger charge is -2.19. The molecule has 4 nitrogen and oxygen atoms in total. The molecule has 10 heteroatoms. The number of furan rings is 1. The lowest BCUT2D eigenvalue weighted by molar-refractivity contribution is -0.137. The predicted octanol–water partition coefficient (Wildman–Crippen LogP) is 6.03. The fraction of sp³-hybridized carbons (Fsp3) is 0.100. The summed E-state index contributed by atoms with van der Waals surface area (Å²) in [5.41, 5.74) is -1.36. The van der Waals surface area contributed by atoms with Gasteiger partial charge in [0.05, 0.1) is 23.1 Å². The van der Waals surface area contributed by atoms with Crippen LogP contribution in [0.4, 0.5) is 27.1 Å². The monoisotopic (exact) mass is 438 g/mol. The number of fused-ring (bicyclic) bond motifs is 1. The molecule has 0 unspecified atom stereocenters. The molecule has 0 radical (unpaired) electrons. The quantitative estimate of drug-likeness (QED) is 0.366. The van der Waals surface area contributed by atoms with Crippen LogP contribution >= 0.6 is 11.3 Å². The highest BCUT2D eigenvalue weighted by molar-refractivity contribution is 7.22. The summed E-state index contributed by atoms with van der Waals surface area (Å²) in [4.78, 5) is 18.2. The summed E-state index contributed by atoms with van der Waals surface area (Å²) < 4.78 is 72.2. The third-order valence-electron chi connectivity index (χ3n) is 4.21. The van der Waals surface area contributed by atoms with Gasteiger partial charge in [0.1, 0.15) is 17.1 Å². The molecule has 154 valence electrons. The maximum Gasteiger partial charge on any atom is 0.416 e. The van der Waals surface area contributed by atoms with E-state index < -0.39 is 29.3 Å². The van der Waals surface area contributed by atoms with E-state index in [0.29, 0.717) is 11.8 Å². The summed E-state index contributed by atoms with van der Waals surface area (Å²) in [7, 11) is 0. The first-order valence-corrected chi connectivity index (χ1v) is 9.31. The van der Waals surface area contributed by atoms with Crippen molar-refractivity contribution < 1.29 is 31.2 Å². The van der Waals surface area contributed by atoms with Crippen molar-refractivity contribution in [3.05, 3.63) is 83.3 Å². The molecule has 0 aliphatic rings. The summed E-state index contributed by atoms with van der Waals surface area (Å²) in [6.07, 6.45) is -3.26. The number of alkyl halides is 3. The average Bonchev–Trinajstić information content (AvgIpc) is 3.34. The van der Waals surface area contributed by atoms with E-state index in [1.54, 1.807) is 12.1 Å². The van der Waals surface area contributed by atoms with Crippen molar-refractivity contribution in [3.63, 3.8) is 0 Å². The van der Waals surface area contributed by atoms with Gasteiger partial charge in [-0.1, -0.05) is 17.4 Å². The minimum absolute atomic E-state index is 0.00619. The van der Waals surface area contributed by atoms with Crippen LogP contribution in [-0.2, 0) is 12.7 Å². The number of aromatic nitrogens is 1. The minimum Gasteiger partial charge on any atom is -0.467 e. The molecular weight excluding hydrogens is 427 g/mol. The van der Waals surface area contributed by atoms with Gasteiger partial charge < -0.3 is 4.42 Å². The fourth-order valence-corrected chi connectivity index (χ4v) is 3.83. The van der Waals surface area contributed by atoms with Crippen LogP contribution in [0.1, 0.15) is 21.7 Å². The summed E-state index contributed by atoms with van der Waals surface area (Å²) in [6, 6.07) is 8.82. The Bertz CT molecular complexity index is 1220. The van der Waals surface area contributed by atoms with Crippen molar-refractivity contribution in [2.75, 3.05) is 4.90 Å².